The summed E-state index contributed by atoms with van der Waals surface area (Å²) in [6.07, 6.45) is 4.96. The molecule has 0 unspecified atom stereocenters. The largest absolute Gasteiger partial charge is 0.497 e. The molecule has 0 aliphatic carbocycles. The van der Waals surface area contributed by atoms with Crippen molar-refractivity contribution in [2.75, 3.05) is 13.7 Å². The first-order valence-corrected chi connectivity index (χ1v) is 5.69. The Morgan fingerprint density at radius 2 is 2.24 bits per heavy atom. The molecule has 0 radical (unpaired) electrons. The topological polar surface area (TPSA) is 38.3 Å². The van der Waals surface area contributed by atoms with Gasteiger partial charge in [0.2, 0.25) is 5.91 Å². The molecular formula is C14H19NO2. The summed E-state index contributed by atoms with van der Waals surface area (Å²) < 4.78 is 5.15. The second kappa shape index (κ2) is 6.74. The van der Waals surface area contributed by atoms with Crippen molar-refractivity contribution in [3.05, 3.63) is 35.4 Å². The maximum absolute atomic E-state index is 10.7. The van der Waals surface area contributed by atoms with Crippen LogP contribution in [0.5, 0.6) is 5.75 Å². The fraction of sp³-hybridized carbons (Fsp3) is 0.357. The van der Waals surface area contributed by atoms with Crippen LogP contribution < -0.4 is 10.1 Å². The predicted molar refractivity (Wildman–Crippen MR) is 70.1 cm³/mol. The molecule has 0 saturated heterocycles. The summed E-state index contributed by atoms with van der Waals surface area (Å²) in [4.78, 5) is 10.7. The molecule has 1 aromatic carbocycles. The lowest BCUT2D eigenvalue weighted by Gasteiger charge is -2.04. The van der Waals surface area contributed by atoms with E-state index >= 15 is 0 Å². The van der Waals surface area contributed by atoms with Crippen LogP contribution in [0, 0.1) is 6.92 Å². The number of rotatable bonds is 5. The van der Waals surface area contributed by atoms with Crippen LogP contribution >= 0.6 is 0 Å². The third-order valence-corrected chi connectivity index (χ3v) is 2.46. The Bertz CT molecular complexity index is 411. The second-order valence-electron chi connectivity index (χ2n) is 3.90. The maximum Gasteiger partial charge on any atom is 0.216 e. The van der Waals surface area contributed by atoms with Crippen molar-refractivity contribution in [3.8, 4) is 5.75 Å². The highest BCUT2D eigenvalue weighted by molar-refractivity contribution is 5.72. The minimum atomic E-state index is 0.0130. The molecule has 1 N–H and O–H groups in total. The van der Waals surface area contributed by atoms with Crippen LogP contribution in [0.15, 0.2) is 24.3 Å². The highest BCUT2D eigenvalue weighted by Crippen LogP contribution is 2.17. The molecule has 92 valence electrons. The average Bonchev–Trinajstić information content (AvgIpc) is 2.30. The van der Waals surface area contributed by atoms with E-state index < -0.39 is 0 Å². The fourth-order valence-corrected chi connectivity index (χ4v) is 1.50. The molecule has 0 bridgehead atoms. The molecule has 0 aliphatic heterocycles. The number of aryl methyl sites for hydroxylation is 1. The van der Waals surface area contributed by atoms with Gasteiger partial charge in [-0.3, -0.25) is 4.79 Å². The predicted octanol–water partition coefficient (Wildman–Crippen LogP) is 2.54. The summed E-state index contributed by atoms with van der Waals surface area (Å²) in [5.74, 6) is 0.886. The standard InChI is InChI=1S/C14H19NO2/c1-11-10-14(17-3)8-7-13(11)6-4-5-9-15-12(2)16/h4,6-8,10H,5,9H2,1-3H3,(H,15,16). The van der Waals surface area contributed by atoms with E-state index in [0.717, 1.165) is 12.2 Å². The molecule has 0 fully saturated rings. The summed E-state index contributed by atoms with van der Waals surface area (Å²) in [5, 5.41) is 2.75. The highest BCUT2D eigenvalue weighted by Gasteiger charge is 1.96. The number of hydrogen-bond donors (Lipinski definition) is 1. The third-order valence-electron chi connectivity index (χ3n) is 2.46. The fourth-order valence-electron chi connectivity index (χ4n) is 1.50. The van der Waals surface area contributed by atoms with Crippen LogP contribution in [-0.4, -0.2) is 19.6 Å². The molecular weight excluding hydrogens is 214 g/mol. The van der Waals surface area contributed by atoms with Gasteiger partial charge in [0.1, 0.15) is 5.75 Å². The van der Waals surface area contributed by atoms with Crippen molar-refractivity contribution in [1.82, 2.24) is 5.32 Å². The molecule has 0 saturated carbocycles. The lowest BCUT2D eigenvalue weighted by Crippen LogP contribution is -2.20. The van der Waals surface area contributed by atoms with E-state index in [1.165, 1.54) is 18.1 Å². The van der Waals surface area contributed by atoms with Gasteiger partial charge in [-0.2, -0.15) is 0 Å². The van der Waals surface area contributed by atoms with Crippen LogP contribution in [0.25, 0.3) is 6.08 Å². The zero-order valence-electron chi connectivity index (χ0n) is 10.6. The average molecular weight is 233 g/mol. The zero-order chi connectivity index (χ0) is 12.7. The van der Waals surface area contributed by atoms with Crippen molar-refractivity contribution >= 4 is 12.0 Å². The number of ether oxygens (including phenoxy) is 1. The van der Waals surface area contributed by atoms with Crippen molar-refractivity contribution in [2.24, 2.45) is 0 Å². The van der Waals surface area contributed by atoms with Crippen molar-refractivity contribution < 1.29 is 9.53 Å². The summed E-state index contributed by atoms with van der Waals surface area (Å²) in [6, 6.07) is 5.98. The molecule has 3 nitrogen and oxygen atoms in total. The molecule has 0 aliphatic rings. The minimum Gasteiger partial charge on any atom is -0.497 e. The van der Waals surface area contributed by atoms with Crippen LogP contribution in [0.3, 0.4) is 0 Å². The van der Waals surface area contributed by atoms with Crippen LogP contribution in [0.1, 0.15) is 24.5 Å². The van der Waals surface area contributed by atoms with Crippen LogP contribution in [0.2, 0.25) is 0 Å². The first kappa shape index (κ1) is 13.3. The van der Waals surface area contributed by atoms with Gasteiger partial charge in [-0.25, -0.2) is 0 Å². The molecule has 0 heterocycles. The number of carbonyl (C=O) groups is 1. The summed E-state index contributed by atoms with van der Waals surface area (Å²) in [6.45, 7) is 4.26. The number of benzene rings is 1. The Morgan fingerprint density at radius 3 is 2.82 bits per heavy atom. The Kier molecular flexibility index (Phi) is 5.27. The quantitative estimate of drug-likeness (QED) is 0.794. The number of amides is 1. The van der Waals surface area contributed by atoms with Crippen molar-refractivity contribution in [2.45, 2.75) is 20.3 Å². The van der Waals surface area contributed by atoms with E-state index in [4.69, 9.17) is 4.74 Å². The Hall–Kier alpha value is -1.77. The van der Waals surface area contributed by atoms with Gasteiger partial charge in [0.15, 0.2) is 0 Å². The molecule has 1 aromatic rings. The molecule has 1 rings (SSSR count). The van der Waals surface area contributed by atoms with Gasteiger partial charge in [-0.15, -0.1) is 0 Å². The van der Waals surface area contributed by atoms with Gasteiger partial charge in [0, 0.05) is 13.5 Å². The van der Waals surface area contributed by atoms with E-state index in [9.17, 15) is 4.79 Å². The van der Waals surface area contributed by atoms with E-state index in [1.54, 1.807) is 7.11 Å². The maximum atomic E-state index is 10.7. The lowest BCUT2D eigenvalue weighted by molar-refractivity contribution is -0.118. The normalized spacial score (nSPS) is 10.5. The van der Waals surface area contributed by atoms with E-state index in [1.807, 2.05) is 18.2 Å². The van der Waals surface area contributed by atoms with Crippen LogP contribution in [-0.2, 0) is 4.79 Å². The van der Waals surface area contributed by atoms with Crippen molar-refractivity contribution in [1.29, 1.82) is 0 Å². The molecule has 3 heteroatoms. The Balaban J connectivity index is 2.50. The van der Waals surface area contributed by atoms with Gasteiger partial charge in [0.05, 0.1) is 7.11 Å². The Morgan fingerprint density at radius 1 is 1.47 bits per heavy atom. The van der Waals surface area contributed by atoms with E-state index in [2.05, 4.69) is 24.4 Å². The second-order valence-corrected chi connectivity index (χ2v) is 3.90. The summed E-state index contributed by atoms with van der Waals surface area (Å²) >= 11 is 0. The number of methoxy groups -OCH3 is 1. The highest BCUT2D eigenvalue weighted by atomic mass is 16.5. The Labute approximate surface area is 102 Å². The minimum absolute atomic E-state index is 0.0130. The number of hydrogen-bond acceptors (Lipinski definition) is 2. The zero-order valence-corrected chi connectivity index (χ0v) is 10.6. The summed E-state index contributed by atoms with van der Waals surface area (Å²) in [7, 11) is 1.66. The number of carbonyl (C=O) groups excluding carboxylic acids is 1. The third kappa shape index (κ3) is 4.72. The van der Waals surface area contributed by atoms with Gasteiger partial charge in [-0.1, -0.05) is 18.2 Å². The first-order valence-electron chi connectivity index (χ1n) is 5.69. The lowest BCUT2D eigenvalue weighted by atomic mass is 10.1. The van der Waals surface area contributed by atoms with E-state index in [0.29, 0.717) is 6.54 Å². The molecule has 1 amide bonds. The molecule has 17 heavy (non-hydrogen) atoms. The molecule has 0 atom stereocenters. The van der Waals surface area contributed by atoms with Gasteiger partial charge < -0.3 is 10.1 Å². The number of nitrogens with one attached hydrogen (secondary N) is 1. The molecule has 0 aromatic heterocycles. The van der Waals surface area contributed by atoms with Gasteiger partial charge in [0.25, 0.3) is 0 Å². The smallest absolute Gasteiger partial charge is 0.216 e. The first-order chi connectivity index (χ1) is 8.13. The van der Waals surface area contributed by atoms with E-state index in [-0.39, 0.29) is 5.91 Å². The van der Waals surface area contributed by atoms with Crippen LogP contribution in [0.4, 0.5) is 0 Å². The monoisotopic (exact) mass is 233 g/mol. The summed E-state index contributed by atoms with van der Waals surface area (Å²) in [5.41, 5.74) is 2.36. The SMILES string of the molecule is COc1ccc(C=CCCNC(C)=O)c(C)c1. The van der Waals surface area contributed by atoms with Gasteiger partial charge in [-0.05, 0) is 36.6 Å². The van der Waals surface area contributed by atoms with Crippen molar-refractivity contribution in [3.63, 3.8) is 0 Å². The van der Waals surface area contributed by atoms with Gasteiger partial charge >= 0.3 is 0 Å². The molecule has 0 spiro atoms.